The van der Waals surface area contributed by atoms with Crippen LogP contribution >= 0.6 is 0 Å². The highest BCUT2D eigenvalue weighted by Gasteiger charge is 2.55. The van der Waals surface area contributed by atoms with Gasteiger partial charge in [0.25, 0.3) is 0 Å². The smallest absolute Gasteiger partial charge is 0.310 e. The van der Waals surface area contributed by atoms with Crippen molar-refractivity contribution in [3.63, 3.8) is 0 Å². The van der Waals surface area contributed by atoms with Crippen molar-refractivity contribution in [2.45, 2.75) is 77.4 Å². The van der Waals surface area contributed by atoms with Crippen LogP contribution in [0.25, 0.3) is 10.9 Å². The van der Waals surface area contributed by atoms with Gasteiger partial charge in [-0.1, -0.05) is 30.7 Å². The maximum Gasteiger partial charge on any atom is 0.310 e. The fourth-order valence-corrected chi connectivity index (χ4v) is 7.54. The first-order valence-electron chi connectivity index (χ1n) is 12.7. The van der Waals surface area contributed by atoms with Crippen LogP contribution in [0.2, 0.25) is 0 Å². The SMILES string of the molecule is C=C1CCCC2(C)CC3OC(=O)C(CNC4CCCc5c4[nH]c4ccc(C)cc54)C3CC12. The van der Waals surface area contributed by atoms with E-state index in [2.05, 4.69) is 48.9 Å². The number of carbonyl (C=O) groups is 1. The highest BCUT2D eigenvalue weighted by Crippen LogP contribution is 2.56. The van der Waals surface area contributed by atoms with Gasteiger partial charge in [0.1, 0.15) is 6.10 Å². The van der Waals surface area contributed by atoms with Crippen molar-refractivity contribution in [1.29, 1.82) is 0 Å². The summed E-state index contributed by atoms with van der Waals surface area (Å²) in [5.74, 6) is 0.865. The average molecular weight is 433 g/mol. The second-order valence-electron chi connectivity index (χ2n) is 11.3. The van der Waals surface area contributed by atoms with Gasteiger partial charge in [-0.2, -0.15) is 0 Å². The third-order valence-electron chi connectivity index (χ3n) is 9.27. The molecule has 4 heteroatoms. The average Bonchev–Trinajstić information content (AvgIpc) is 3.27. The lowest BCUT2D eigenvalue weighted by Gasteiger charge is -2.50. The number of hydrogen-bond acceptors (Lipinski definition) is 3. The van der Waals surface area contributed by atoms with E-state index in [1.165, 1.54) is 52.6 Å². The third-order valence-corrected chi connectivity index (χ3v) is 9.27. The molecule has 170 valence electrons. The summed E-state index contributed by atoms with van der Waals surface area (Å²) in [5.41, 5.74) is 7.01. The Labute approximate surface area is 191 Å². The molecule has 2 aromatic rings. The minimum Gasteiger partial charge on any atom is -0.462 e. The molecule has 1 aliphatic heterocycles. The summed E-state index contributed by atoms with van der Waals surface area (Å²) < 4.78 is 5.98. The number of aromatic nitrogens is 1. The third kappa shape index (κ3) is 3.17. The number of esters is 1. The van der Waals surface area contributed by atoms with Crippen molar-refractivity contribution >= 4 is 16.9 Å². The van der Waals surface area contributed by atoms with E-state index in [0.29, 0.717) is 18.4 Å². The number of nitrogens with one attached hydrogen (secondary N) is 2. The molecule has 6 atom stereocenters. The van der Waals surface area contributed by atoms with Crippen LogP contribution in [-0.2, 0) is 16.0 Å². The molecule has 1 aromatic carbocycles. The van der Waals surface area contributed by atoms with Crippen molar-refractivity contribution < 1.29 is 9.53 Å². The molecule has 0 spiro atoms. The summed E-state index contributed by atoms with van der Waals surface area (Å²) in [6.07, 6.45) is 9.24. The van der Waals surface area contributed by atoms with Crippen molar-refractivity contribution in [3.8, 4) is 0 Å². The molecule has 0 bridgehead atoms. The van der Waals surface area contributed by atoms with Crippen LogP contribution in [0.3, 0.4) is 0 Å². The molecule has 2 N–H and O–H groups in total. The minimum atomic E-state index is -0.0312. The molecule has 6 unspecified atom stereocenters. The molecule has 1 saturated heterocycles. The van der Waals surface area contributed by atoms with Crippen LogP contribution in [0.1, 0.15) is 74.7 Å². The quantitative estimate of drug-likeness (QED) is 0.479. The lowest BCUT2D eigenvalue weighted by Crippen LogP contribution is -2.45. The van der Waals surface area contributed by atoms with Gasteiger partial charge in [-0.15, -0.1) is 0 Å². The highest BCUT2D eigenvalue weighted by molar-refractivity contribution is 5.85. The van der Waals surface area contributed by atoms with Gasteiger partial charge in [-0.3, -0.25) is 4.79 Å². The summed E-state index contributed by atoms with van der Waals surface area (Å²) >= 11 is 0. The molecule has 32 heavy (non-hydrogen) atoms. The summed E-state index contributed by atoms with van der Waals surface area (Å²) in [6.45, 7) is 9.71. The molecule has 4 aliphatic rings. The fourth-order valence-electron chi connectivity index (χ4n) is 7.54. The van der Waals surface area contributed by atoms with E-state index in [1.54, 1.807) is 0 Å². The Kier molecular flexibility index (Phi) is 4.80. The van der Waals surface area contributed by atoms with E-state index < -0.39 is 0 Å². The molecule has 0 radical (unpaired) electrons. The molecule has 3 fully saturated rings. The molecule has 2 saturated carbocycles. The zero-order chi connectivity index (χ0) is 22.0. The Morgan fingerprint density at radius 2 is 2.16 bits per heavy atom. The van der Waals surface area contributed by atoms with Crippen LogP contribution in [0.15, 0.2) is 30.4 Å². The van der Waals surface area contributed by atoms with Gasteiger partial charge in [0.15, 0.2) is 0 Å². The number of benzene rings is 1. The minimum absolute atomic E-state index is 0.0173. The Balaban J connectivity index is 1.21. The normalized spacial score (nSPS) is 36.5. The number of ether oxygens (including phenoxy) is 1. The number of allylic oxidation sites excluding steroid dienone is 1. The number of fused-ring (bicyclic) bond motifs is 5. The maximum atomic E-state index is 12.9. The zero-order valence-corrected chi connectivity index (χ0v) is 19.5. The maximum absolute atomic E-state index is 12.9. The number of H-pyrrole nitrogens is 1. The summed E-state index contributed by atoms with van der Waals surface area (Å²) in [7, 11) is 0. The van der Waals surface area contributed by atoms with Crippen LogP contribution in [0.4, 0.5) is 0 Å². The van der Waals surface area contributed by atoms with Crippen molar-refractivity contribution in [2.24, 2.45) is 23.2 Å². The van der Waals surface area contributed by atoms with Crippen molar-refractivity contribution in [3.05, 3.63) is 47.2 Å². The van der Waals surface area contributed by atoms with Gasteiger partial charge < -0.3 is 15.0 Å². The van der Waals surface area contributed by atoms with E-state index in [-0.39, 0.29) is 29.4 Å². The molecule has 2 heterocycles. The van der Waals surface area contributed by atoms with E-state index in [0.717, 1.165) is 32.1 Å². The number of rotatable bonds is 3. The largest absolute Gasteiger partial charge is 0.462 e. The van der Waals surface area contributed by atoms with E-state index in [9.17, 15) is 4.79 Å². The van der Waals surface area contributed by atoms with E-state index >= 15 is 0 Å². The van der Waals surface area contributed by atoms with Crippen LogP contribution < -0.4 is 5.32 Å². The van der Waals surface area contributed by atoms with Crippen LogP contribution in [0, 0.1) is 30.1 Å². The van der Waals surface area contributed by atoms with Gasteiger partial charge in [0.05, 0.1) is 5.92 Å². The van der Waals surface area contributed by atoms with Gasteiger partial charge in [-0.05, 0) is 87.3 Å². The zero-order valence-electron chi connectivity index (χ0n) is 19.5. The molecule has 3 aliphatic carbocycles. The van der Waals surface area contributed by atoms with Crippen LogP contribution in [0.5, 0.6) is 0 Å². The van der Waals surface area contributed by atoms with Gasteiger partial charge in [0, 0.05) is 35.1 Å². The summed E-state index contributed by atoms with van der Waals surface area (Å²) in [5, 5.41) is 5.17. The number of hydrogen-bond donors (Lipinski definition) is 2. The number of aryl methyl sites for hydroxylation is 2. The second-order valence-corrected chi connectivity index (χ2v) is 11.3. The Hall–Kier alpha value is -2.07. The molecular weight excluding hydrogens is 396 g/mol. The van der Waals surface area contributed by atoms with Gasteiger partial charge in [-0.25, -0.2) is 0 Å². The molecule has 1 aromatic heterocycles. The molecule has 0 amide bonds. The van der Waals surface area contributed by atoms with Crippen molar-refractivity contribution in [1.82, 2.24) is 10.3 Å². The predicted molar refractivity (Wildman–Crippen MR) is 127 cm³/mol. The summed E-state index contributed by atoms with van der Waals surface area (Å²) in [6, 6.07) is 6.98. The lowest BCUT2D eigenvalue weighted by molar-refractivity contribution is -0.146. The Morgan fingerprint density at radius 1 is 1.28 bits per heavy atom. The first-order chi connectivity index (χ1) is 15.4. The van der Waals surface area contributed by atoms with E-state index in [4.69, 9.17) is 4.74 Å². The number of carbonyl (C=O) groups excluding carboxylic acids is 1. The summed E-state index contributed by atoms with van der Waals surface area (Å²) in [4.78, 5) is 16.6. The lowest BCUT2D eigenvalue weighted by atomic mass is 9.55. The monoisotopic (exact) mass is 432 g/mol. The first kappa shape index (κ1) is 20.5. The topological polar surface area (TPSA) is 54.1 Å². The standard InChI is InChI=1S/C28H36N2O2/c1-16-9-10-23-19(12-16)18-7-4-8-24(26(18)30-23)29-15-21-20-13-22-17(2)6-5-11-28(22,3)14-25(20)32-27(21)31/h9-10,12,20-22,24-25,29-30H,2,4-8,11,13-15H2,1,3H3. The molecule has 4 nitrogen and oxygen atoms in total. The van der Waals surface area contributed by atoms with Gasteiger partial charge in [0.2, 0.25) is 0 Å². The fraction of sp³-hybridized carbons (Fsp3) is 0.607. The molecule has 6 rings (SSSR count). The van der Waals surface area contributed by atoms with Crippen molar-refractivity contribution in [2.75, 3.05) is 6.54 Å². The molecular formula is C28H36N2O2. The Morgan fingerprint density at radius 3 is 3.03 bits per heavy atom. The number of aromatic amines is 1. The van der Waals surface area contributed by atoms with Gasteiger partial charge >= 0.3 is 5.97 Å². The predicted octanol–water partition coefficient (Wildman–Crippen LogP) is 5.76. The Bertz CT molecular complexity index is 1080. The highest BCUT2D eigenvalue weighted by atomic mass is 16.6. The van der Waals surface area contributed by atoms with E-state index in [1.807, 2.05) is 0 Å². The second kappa shape index (κ2) is 7.48. The first-order valence-corrected chi connectivity index (χ1v) is 12.7. The van der Waals surface area contributed by atoms with Crippen LogP contribution in [-0.4, -0.2) is 23.6 Å².